The van der Waals surface area contributed by atoms with Crippen molar-refractivity contribution >= 4 is 11.9 Å². The summed E-state index contributed by atoms with van der Waals surface area (Å²) in [6.45, 7) is 4.98. The molecular weight excluding hydrogens is 1010 g/mol. The molecular formula is C76H147NO5. The van der Waals surface area contributed by atoms with E-state index < -0.39 is 12.1 Å². The first-order chi connectivity index (χ1) is 40.5. The number of carbonyl (C=O) groups is 2. The molecule has 0 aliphatic rings. The van der Waals surface area contributed by atoms with Gasteiger partial charge < -0.3 is 20.3 Å². The van der Waals surface area contributed by atoms with E-state index in [1.807, 2.05) is 0 Å². The number of hydrogen-bond acceptors (Lipinski definition) is 5. The fourth-order valence-corrected chi connectivity index (χ4v) is 12.0. The maximum atomic E-state index is 12.5. The van der Waals surface area contributed by atoms with Gasteiger partial charge in [0.05, 0.1) is 25.4 Å². The molecule has 0 fully saturated rings. The molecule has 0 radical (unpaired) electrons. The van der Waals surface area contributed by atoms with Crippen LogP contribution in [0.5, 0.6) is 0 Å². The zero-order chi connectivity index (χ0) is 59.2. The van der Waals surface area contributed by atoms with Gasteiger partial charge >= 0.3 is 5.97 Å². The number of aliphatic hydroxyl groups excluding tert-OH is 2. The van der Waals surface area contributed by atoms with Gasteiger partial charge in [0, 0.05) is 12.8 Å². The number of amides is 1. The largest absolute Gasteiger partial charge is 0.466 e. The summed E-state index contributed by atoms with van der Waals surface area (Å²) in [6.07, 6.45) is 91.3. The van der Waals surface area contributed by atoms with Gasteiger partial charge in [-0.3, -0.25) is 9.59 Å². The molecule has 0 saturated carbocycles. The van der Waals surface area contributed by atoms with Gasteiger partial charge in [-0.1, -0.05) is 378 Å². The molecule has 486 valence electrons. The van der Waals surface area contributed by atoms with Gasteiger partial charge in [0.15, 0.2) is 0 Å². The lowest BCUT2D eigenvalue weighted by Gasteiger charge is -2.22. The zero-order valence-electron chi connectivity index (χ0n) is 55.8. The van der Waals surface area contributed by atoms with Crippen molar-refractivity contribution < 1.29 is 24.5 Å². The number of ether oxygens (including phenoxy) is 1. The minimum Gasteiger partial charge on any atom is -0.466 e. The highest BCUT2D eigenvalue weighted by Gasteiger charge is 2.20. The molecule has 6 heteroatoms. The molecule has 0 aromatic carbocycles. The maximum Gasteiger partial charge on any atom is 0.305 e. The van der Waals surface area contributed by atoms with Crippen molar-refractivity contribution in [2.24, 2.45) is 0 Å². The van der Waals surface area contributed by atoms with E-state index in [9.17, 15) is 19.8 Å². The van der Waals surface area contributed by atoms with Crippen LogP contribution in [0.2, 0.25) is 0 Å². The molecule has 2 atom stereocenters. The van der Waals surface area contributed by atoms with E-state index in [0.29, 0.717) is 25.9 Å². The minimum atomic E-state index is -0.660. The molecule has 0 rings (SSSR count). The first-order valence-corrected chi connectivity index (χ1v) is 37.6. The number of esters is 1. The quantitative estimate of drug-likeness (QED) is 0.0320. The van der Waals surface area contributed by atoms with Gasteiger partial charge in [0.1, 0.15) is 0 Å². The van der Waals surface area contributed by atoms with Crippen molar-refractivity contribution in [3.05, 3.63) is 24.3 Å². The molecule has 0 heterocycles. The summed E-state index contributed by atoms with van der Waals surface area (Å²) in [6, 6.07) is -0.537. The molecule has 2 unspecified atom stereocenters. The average Bonchev–Trinajstić information content (AvgIpc) is 3.48. The van der Waals surface area contributed by atoms with E-state index in [-0.39, 0.29) is 18.5 Å². The number of nitrogens with one attached hydrogen (secondary N) is 1. The smallest absolute Gasteiger partial charge is 0.305 e. The van der Waals surface area contributed by atoms with E-state index in [2.05, 4.69) is 43.5 Å². The standard InChI is InChI=1S/C76H147NO5/c1-3-5-7-9-11-13-15-16-42-46-50-54-58-62-66-70-76(81)82-71-67-63-59-55-51-47-44-41-39-37-35-33-31-29-27-25-23-21-19-17-18-20-22-24-26-28-30-32-34-36-38-40-43-45-49-53-57-61-65-69-75(80)77-73(72-78)74(79)68-64-60-56-52-48-14-12-10-8-6-4-2/h17-18,21,23,73-74,78-79H,3-16,19-20,22,24-72H2,1-2H3,(H,77,80)/b18-17-,23-21-. The number of carbonyl (C=O) groups excluding carboxylic acids is 2. The van der Waals surface area contributed by atoms with Crippen LogP contribution in [0, 0.1) is 0 Å². The normalized spacial score (nSPS) is 12.6. The Bertz CT molecular complexity index is 1280. The van der Waals surface area contributed by atoms with E-state index in [1.54, 1.807) is 0 Å². The third kappa shape index (κ3) is 67.5. The van der Waals surface area contributed by atoms with E-state index in [4.69, 9.17) is 4.74 Å². The SMILES string of the molecule is CCCCCCCCCCCCCCCCCC(=O)OCCCCCCCCCCCCCCCCC/C=C\C/C=C\CCCCCCCCCCCCCCCCCCCC(=O)NC(CO)C(O)CCCCCCCCCCCCC. The third-order valence-corrected chi connectivity index (χ3v) is 17.8. The van der Waals surface area contributed by atoms with Crippen molar-refractivity contribution in [2.75, 3.05) is 13.2 Å². The van der Waals surface area contributed by atoms with Crippen LogP contribution in [0.25, 0.3) is 0 Å². The molecule has 1 amide bonds. The van der Waals surface area contributed by atoms with Gasteiger partial charge in [-0.15, -0.1) is 0 Å². The molecule has 0 aromatic heterocycles. The minimum absolute atomic E-state index is 0.0239. The van der Waals surface area contributed by atoms with Crippen molar-refractivity contribution in [1.29, 1.82) is 0 Å². The maximum absolute atomic E-state index is 12.5. The van der Waals surface area contributed by atoms with Crippen molar-refractivity contribution in [3.63, 3.8) is 0 Å². The van der Waals surface area contributed by atoms with Gasteiger partial charge in [-0.2, -0.15) is 0 Å². The van der Waals surface area contributed by atoms with E-state index in [0.717, 1.165) is 44.9 Å². The first-order valence-electron chi connectivity index (χ1n) is 37.6. The Morgan fingerprint density at radius 1 is 0.341 bits per heavy atom. The van der Waals surface area contributed by atoms with Crippen LogP contribution in [0.4, 0.5) is 0 Å². The molecule has 3 N–H and O–H groups in total. The molecule has 0 aliphatic heterocycles. The Hall–Kier alpha value is -1.66. The highest BCUT2D eigenvalue weighted by molar-refractivity contribution is 5.76. The van der Waals surface area contributed by atoms with Gasteiger partial charge in [-0.25, -0.2) is 0 Å². The number of aliphatic hydroxyl groups is 2. The average molecular weight is 1160 g/mol. The van der Waals surface area contributed by atoms with Crippen molar-refractivity contribution in [2.45, 2.75) is 437 Å². The molecule has 0 saturated heterocycles. The lowest BCUT2D eigenvalue weighted by molar-refractivity contribution is -0.143. The van der Waals surface area contributed by atoms with E-state index >= 15 is 0 Å². The third-order valence-electron chi connectivity index (χ3n) is 17.8. The van der Waals surface area contributed by atoms with Crippen LogP contribution in [-0.2, 0) is 14.3 Å². The summed E-state index contributed by atoms with van der Waals surface area (Å²) < 4.78 is 5.50. The van der Waals surface area contributed by atoms with Crippen LogP contribution in [-0.4, -0.2) is 47.4 Å². The highest BCUT2D eigenvalue weighted by Crippen LogP contribution is 2.19. The molecule has 0 spiro atoms. The summed E-state index contributed by atoms with van der Waals surface area (Å²) in [4.78, 5) is 24.5. The summed E-state index contributed by atoms with van der Waals surface area (Å²) in [5.41, 5.74) is 0. The van der Waals surface area contributed by atoms with Crippen LogP contribution in [0.3, 0.4) is 0 Å². The second-order valence-corrected chi connectivity index (χ2v) is 26.0. The Balaban J connectivity index is 3.32. The second-order valence-electron chi connectivity index (χ2n) is 26.0. The lowest BCUT2D eigenvalue weighted by atomic mass is 10.0. The summed E-state index contributed by atoms with van der Waals surface area (Å²) in [7, 11) is 0. The van der Waals surface area contributed by atoms with Gasteiger partial charge in [0.2, 0.25) is 5.91 Å². The molecule has 0 aromatic rings. The summed E-state index contributed by atoms with van der Waals surface area (Å²) in [5.74, 6) is -0.00681. The molecule has 0 aliphatic carbocycles. The van der Waals surface area contributed by atoms with Gasteiger partial charge in [-0.05, 0) is 57.8 Å². The molecule has 0 bridgehead atoms. The Kier molecular flexibility index (Phi) is 70.4. The second kappa shape index (κ2) is 71.8. The lowest BCUT2D eigenvalue weighted by Crippen LogP contribution is -2.45. The van der Waals surface area contributed by atoms with Gasteiger partial charge in [0.25, 0.3) is 0 Å². The predicted octanol–water partition coefficient (Wildman–Crippen LogP) is 24.5. The number of rotatable bonds is 71. The fourth-order valence-electron chi connectivity index (χ4n) is 12.0. The zero-order valence-corrected chi connectivity index (χ0v) is 55.8. The number of unbranched alkanes of at least 4 members (excludes halogenated alkanes) is 56. The summed E-state index contributed by atoms with van der Waals surface area (Å²) >= 11 is 0. The Morgan fingerprint density at radius 2 is 0.610 bits per heavy atom. The molecule has 82 heavy (non-hydrogen) atoms. The topological polar surface area (TPSA) is 95.9 Å². The van der Waals surface area contributed by atoms with Crippen LogP contribution >= 0.6 is 0 Å². The van der Waals surface area contributed by atoms with Crippen LogP contribution in [0.15, 0.2) is 24.3 Å². The monoisotopic (exact) mass is 1150 g/mol. The predicted molar refractivity (Wildman–Crippen MR) is 361 cm³/mol. The number of hydrogen-bond donors (Lipinski definition) is 3. The number of allylic oxidation sites excluding steroid dienone is 4. The highest BCUT2D eigenvalue weighted by atomic mass is 16.5. The van der Waals surface area contributed by atoms with Crippen molar-refractivity contribution in [1.82, 2.24) is 5.32 Å². The summed E-state index contributed by atoms with van der Waals surface area (Å²) in [5, 5.41) is 23.2. The van der Waals surface area contributed by atoms with Crippen LogP contribution in [0.1, 0.15) is 425 Å². The van der Waals surface area contributed by atoms with E-state index in [1.165, 1.54) is 347 Å². The fraction of sp³-hybridized carbons (Fsp3) is 0.921. The first kappa shape index (κ1) is 80.3. The Morgan fingerprint density at radius 3 is 0.927 bits per heavy atom. The Labute approximate surface area is 513 Å². The molecule has 6 nitrogen and oxygen atoms in total. The van der Waals surface area contributed by atoms with Crippen molar-refractivity contribution in [3.8, 4) is 0 Å². The van der Waals surface area contributed by atoms with Crippen LogP contribution < -0.4 is 5.32 Å².